The Kier molecular flexibility index (Phi) is 11.8. The normalized spacial score (nSPS) is 13.2. The average Bonchev–Trinajstić information content (AvgIpc) is 4.09. The molecule has 0 unspecified atom stereocenters. The van der Waals surface area contributed by atoms with E-state index in [9.17, 15) is 19.8 Å². The van der Waals surface area contributed by atoms with Crippen LogP contribution in [0.15, 0.2) is 61.2 Å². The second-order valence-electron chi connectivity index (χ2n) is 12.0. The van der Waals surface area contributed by atoms with Crippen molar-refractivity contribution in [3.63, 3.8) is 0 Å². The van der Waals surface area contributed by atoms with Crippen LogP contribution in [-0.2, 0) is 19.5 Å². The molecule has 0 radical (unpaired) electrons. The molecule has 0 amide bonds. The fraction of sp³-hybridized carbons (Fsp3) is 0.235. The zero-order valence-electron chi connectivity index (χ0n) is 29.1. The molecule has 2 N–H and O–H groups in total. The van der Waals surface area contributed by atoms with E-state index in [2.05, 4.69) is 51.2 Å². The molecule has 18 nitrogen and oxygen atoms in total. The number of nitrogens with one attached hydrogen (secondary N) is 2. The SMILES string of the molecule is COc1c(Nc2cc(Cl)nnc2C(=O)[O-])cccc1-c1ncn(C2CC2)n1.COc1c(Nc2cc(Cl)nnc2C(=O)[O-])cccc1-c1ncn(C2CC2)n1.[Zn+2]. The second kappa shape index (κ2) is 16.7. The van der Waals surface area contributed by atoms with Crippen molar-refractivity contribution in [2.45, 2.75) is 37.8 Å². The maximum absolute atomic E-state index is 11.3. The van der Waals surface area contributed by atoms with Gasteiger partial charge in [-0.3, -0.25) is 0 Å². The number of para-hydroxylation sites is 2. The topological polar surface area (TPSA) is 236 Å². The second-order valence-corrected chi connectivity index (χ2v) is 12.8. The first-order chi connectivity index (χ1) is 26.1. The third kappa shape index (κ3) is 8.80. The summed E-state index contributed by atoms with van der Waals surface area (Å²) in [7, 11) is 3.03. The van der Waals surface area contributed by atoms with E-state index in [1.165, 1.54) is 26.4 Å². The predicted molar refractivity (Wildman–Crippen MR) is 190 cm³/mol. The van der Waals surface area contributed by atoms with Gasteiger partial charge in [0, 0.05) is 12.1 Å². The Morgan fingerprint density at radius 2 is 1.07 bits per heavy atom. The number of nitrogens with zero attached hydrogens (tertiary/aromatic N) is 10. The smallest absolute Gasteiger partial charge is 0.543 e. The number of rotatable bonds is 12. The van der Waals surface area contributed by atoms with Crippen LogP contribution in [0, 0.1) is 0 Å². The summed E-state index contributed by atoms with van der Waals surface area (Å²) in [6.45, 7) is 0. The number of hydrogen-bond donors (Lipinski definition) is 2. The maximum atomic E-state index is 11.3. The molecule has 6 aromatic rings. The molecule has 2 fully saturated rings. The number of carbonyl (C=O) groups is 2. The summed E-state index contributed by atoms with van der Waals surface area (Å²) in [6, 6.07) is 14.2. The Bertz CT molecular complexity index is 2210. The van der Waals surface area contributed by atoms with Gasteiger partial charge in [0.1, 0.15) is 24.0 Å². The summed E-state index contributed by atoms with van der Waals surface area (Å²) in [4.78, 5) is 31.3. The van der Waals surface area contributed by atoms with E-state index in [1.807, 2.05) is 21.5 Å². The predicted octanol–water partition coefficient (Wildman–Crippen LogP) is 3.68. The van der Waals surface area contributed by atoms with Crippen LogP contribution in [0.5, 0.6) is 11.5 Å². The molecule has 4 heterocycles. The van der Waals surface area contributed by atoms with Crippen LogP contribution in [0.3, 0.4) is 0 Å². The number of benzene rings is 2. The molecule has 4 aromatic heterocycles. The van der Waals surface area contributed by atoms with Crippen molar-refractivity contribution in [3.8, 4) is 34.3 Å². The Balaban J connectivity index is 0.000000184. The first kappa shape index (κ1) is 38.9. The van der Waals surface area contributed by atoms with Gasteiger partial charge in [-0.1, -0.05) is 35.3 Å². The quantitative estimate of drug-likeness (QED) is 0.167. The van der Waals surface area contributed by atoms with Gasteiger partial charge in [0.25, 0.3) is 0 Å². The molecule has 0 bridgehead atoms. The van der Waals surface area contributed by atoms with Crippen molar-refractivity contribution in [1.82, 2.24) is 49.9 Å². The number of carboxylic acids is 2. The molecule has 8 rings (SSSR count). The van der Waals surface area contributed by atoms with E-state index in [0.717, 1.165) is 25.7 Å². The fourth-order valence-electron chi connectivity index (χ4n) is 5.41. The van der Waals surface area contributed by atoms with Gasteiger partial charge in [0.05, 0.1) is 72.1 Å². The zero-order valence-corrected chi connectivity index (χ0v) is 33.6. The van der Waals surface area contributed by atoms with Crippen molar-refractivity contribution in [2.75, 3.05) is 24.9 Å². The third-order valence-corrected chi connectivity index (χ3v) is 8.60. The molecule has 21 heteroatoms. The summed E-state index contributed by atoms with van der Waals surface area (Å²) in [5.41, 5.74) is 1.92. The number of carboxylic acid groups (broad SMARTS) is 2. The third-order valence-electron chi connectivity index (χ3n) is 8.23. The van der Waals surface area contributed by atoms with Crippen molar-refractivity contribution < 1.29 is 48.8 Å². The van der Waals surface area contributed by atoms with Gasteiger partial charge in [-0.05, 0) is 49.9 Å². The molecule has 0 saturated heterocycles. The molecule has 0 aliphatic heterocycles. The first-order valence-corrected chi connectivity index (χ1v) is 17.1. The minimum absolute atomic E-state index is 0. The Hall–Kier alpha value is -5.78. The number of halogens is 2. The minimum atomic E-state index is -1.47. The molecule has 276 valence electrons. The van der Waals surface area contributed by atoms with Crippen LogP contribution < -0.4 is 30.3 Å². The van der Waals surface area contributed by atoms with Crippen LogP contribution in [0.25, 0.3) is 22.8 Å². The summed E-state index contributed by atoms with van der Waals surface area (Å²) >= 11 is 11.7. The van der Waals surface area contributed by atoms with Crippen LogP contribution in [0.1, 0.15) is 58.7 Å². The number of methoxy groups -OCH3 is 2. The van der Waals surface area contributed by atoms with E-state index < -0.39 is 11.9 Å². The number of aromatic nitrogens is 10. The molecule has 55 heavy (non-hydrogen) atoms. The van der Waals surface area contributed by atoms with Crippen molar-refractivity contribution >= 4 is 57.9 Å². The van der Waals surface area contributed by atoms with Gasteiger partial charge >= 0.3 is 19.5 Å². The molecule has 2 saturated carbocycles. The van der Waals surface area contributed by atoms with E-state index in [4.69, 9.17) is 32.7 Å². The maximum Gasteiger partial charge on any atom is 2.00 e. The van der Waals surface area contributed by atoms with Gasteiger partial charge in [-0.25, -0.2) is 19.3 Å². The van der Waals surface area contributed by atoms with Gasteiger partial charge in [0.15, 0.2) is 33.5 Å². The summed E-state index contributed by atoms with van der Waals surface area (Å²) in [5.74, 6) is -0.975. The van der Waals surface area contributed by atoms with Gasteiger partial charge in [0.2, 0.25) is 0 Å². The molecule has 2 aromatic carbocycles. The minimum Gasteiger partial charge on any atom is -0.543 e. The van der Waals surface area contributed by atoms with Gasteiger partial charge < -0.3 is 39.9 Å². The Morgan fingerprint density at radius 1 is 0.673 bits per heavy atom. The molecule has 2 aliphatic rings. The summed E-state index contributed by atoms with van der Waals surface area (Å²) in [5, 5.41) is 51.8. The van der Waals surface area contributed by atoms with E-state index in [-0.39, 0.29) is 52.5 Å². The van der Waals surface area contributed by atoms with E-state index >= 15 is 0 Å². The first-order valence-electron chi connectivity index (χ1n) is 16.3. The van der Waals surface area contributed by atoms with Gasteiger partial charge in [-0.2, -0.15) is 10.2 Å². The molecular weight excluding hydrogens is 809 g/mol. The molecule has 0 spiro atoms. The Labute approximate surface area is 335 Å². The van der Waals surface area contributed by atoms with E-state index in [1.54, 1.807) is 36.9 Å². The number of carbonyl (C=O) groups excluding carboxylic acids is 2. The van der Waals surface area contributed by atoms with Crippen molar-refractivity contribution in [3.05, 3.63) is 82.9 Å². The van der Waals surface area contributed by atoms with E-state index in [0.29, 0.717) is 57.7 Å². The average molecular weight is 837 g/mol. The summed E-state index contributed by atoms with van der Waals surface area (Å²) in [6.07, 6.45) is 7.81. The number of anilines is 4. The molecule has 0 atom stereocenters. The van der Waals surface area contributed by atoms with Crippen LogP contribution >= 0.6 is 23.2 Å². The largest absolute Gasteiger partial charge is 2.00 e. The van der Waals surface area contributed by atoms with Crippen LogP contribution in [0.2, 0.25) is 10.3 Å². The number of hydrogen-bond acceptors (Lipinski definition) is 16. The standard InChI is InChI=1S/2C17H15ClN6O3.Zn/c2*1-27-15-10(16-19-8-24(23-16)9-5-6-9)3-2-4-11(15)20-12-7-13(18)21-22-14(12)17(25)26;/h2*2-4,7-9H,5-6H2,1H3,(H,20,21)(H,25,26);/q;;+2/p-2. The zero-order chi connectivity index (χ0) is 37.9. The van der Waals surface area contributed by atoms with Crippen molar-refractivity contribution in [1.29, 1.82) is 0 Å². The molecular formula is C34H28Cl2N12O6Zn. The Morgan fingerprint density at radius 3 is 1.42 bits per heavy atom. The van der Waals surface area contributed by atoms with Crippen LogP contribution in [-0.4, -0.2) is 76.1 Å². The number of aromatic carboxylic acids is 2. The van der Waals surface area contributed by atoms with Gasteiger partial charge in [-0.15, -0.1) is 20.4 Å². The van der Waals surface area contributed by atoms with Crippen LogP contribution in [0.4, 0.5) is 22.7 Å². The fourth-order valence-corrected chi connectivity index (χ4v) is 5.70. The summed E-state index contributed by atoms with van der Waals surface area (Å²) < 4.78 is 14.8. The monoisotopic (exact) mass is 834 g/mol. The van der Waals surface area contributed by atoms with Crippen molar-refractivity contribution in [2.24, 2.45) is 0 Å². The molecule has 2 aliphatic carbocycles. The number of ether oxygens (including phenoxy) is 2.